The van der Waals surface area contributed by atoms with Gasteiger partial charge >= 0.3 is 0 Å². The fourth-order valence-corrected chi connectivity index (χ4v) is 5.32. The summed E-state index contributed by atoms with van der Waals surface area (Å²) in [7, 11) is 0. The summed E-state index contributed by atoms with van der Waals surface area (Å²) in [6.45, 7) is 17.4. The summed E-state index contributed by atoms with van der Waals surface area (Å²) in [5.41, 5.74) is 4.68. The first-order valence-corrected chi connectivity index (χ1v) is 13.5. The van der Waals surface area contributed by atoms with E-state index in [4.69, 9.17) is 17.0 Å². The van der Waals surface area contributed by atoms with Crippen LogP contribution in [0.4, 0.5) is 0 Å². The molecule has 0 saturated carbocycles. The number of phenolic OH excluding ortho intramolecular Hbond substituents is 1. The molecule has 0 aliphatic heterocycles. The van der Waals surface area contributed by atoms with Gasteiger partial charge in [-0.15, -0.1) is 0 Å². The van der Waals surface area contributed by atoms with Crippen molar-refractivity contribution in [2.45, 2.75) is 92.4 Å². The number of hydrogen-bond donors (Lipinski definition) is 1. The molecule has 0 radical (unpaired) electrons. The Morgan fingerprint density at radius 3 is 2.62 bits per heavy atom. The summed E-state index contributed by atoms with van der Waals surface area (Å²) < 4.78 is 6.83. The molecule has 4 heteroatoms. The van der Waals surface area contributed by atoms with E-state index >= 15 is 0 Å². The molecule has 1 N–H and O–H groups in total. The Hall–Kier alpha value is -1.26. The number of benzene rings is 1. The SMILES string of the molecule is C=C(C)[C@@H]1CCC(C)=C[C@H]1c1c(O)cc(CCCCC)cc1OC(=S)SCC(C)(C)CC. The first-order valence-electron chi connectivity index (χ1n) is 12.1. The maximum Gasteiger partial charge on any atom is 0.225 e. The van der Waals surface area contributed by atoms with Crippen molar-refractivity contribution in [2.24, 2.45) is 11.3 Å². The number of unbranched alkanes of at least 4 members (excludes halogenated alkanes) is 2. The fraction of sp³-hybridized carbons (Fsp3) is 0.607. The lowest BCUT2D eigenvalue weighted by Gasteiger charge is -2.32. The molecule has 0 fully saturated rings. The van der Waals surface area contributed by atoms with Crippen LogP contribution in [0.25, 0.3) is 0 Å². The molecular formula is C28H42O2S2. The minimum absolute atomic E-state index is 0.0563. The highest BCUT2D eigenvalue weighted by molar-refractivity contribution is 8.22. The van der Waals surface area contributed by atoms with E-state index in [1.807, 2.05) is 6.07 Å². The van der Waals surface area contributed by atoms with Gasteiger partial charge in [-0.05, 0) is 80.8 Å². The average Bonchev–Trinajstić information content (AvgIpc) is 2.72. The van der Waals surface area contributed by atoms with Crippen molar-refractivity contribution in [1.82, 2.24) is 0 Å². The Labute approximate surface area is 205 Å². The van der Waals surface area contributed by atoms with Crippen LogP contribution in [0.2, 0.25) is 0 Å². The van der Waals surface area contributed by atoms with Crippen molar-refractivity contribution in [2.75, 3.05) is 5.75 Å². The van der Waals surface area contributed by atoms with Crippen LogP contribution in [0.1, 0.15) is 97.1 Å². The Kier molecular flexibility index (Phi) is 10.4. The first kappa shape index (κ1) is 27.0. The smallest absolute Gasteiger partial charge is 0.225 e. The molecular weight excluding hydrogens is 432 g/mol. The molecule has 1 aliphatic rings. The van der Waals surface area contributed by atoms with Gasteiger partial charge in [0.05, 0.1) is 0 Å². The van der Waals surface area contributed by atoms with Gasteiger partial charge in [-0.2, -0.15) is 0 Å². The summed E-state index contributed by atoms with van der Waals surface area (Å²) in [5.74, 6) is 2.29. The van der Waals surface area contributed by atoms with Gasteiger partial charge in [0.1, 0.15) is 11.5 Å². The Morgan fingerprint density at radius 1 is 1.28 bits per heavy atom. The second-order valence-electron chi connectivity index (χ2n) is 10.2. The van der Waals surface area contributed by atoms with Crippen LogP contribution in [0.3, 0.4) is 0 Å². The number of aryl methyl sites for hydroxylation is 1. The quantitative estimate of drug-likeness (QED) is 0.208. The van der Waals surface area contributed by atoms with Crippen molar-refractivity contribution in [3.63, 3.8) is 0 Å². The molecule has 1 aromatic carbocycles. The van der Waals surface area contributed by atoms with E-state index in [-0.39, 0.29) is 17.3 Å². The van der Waals surface area contributed by atoms with Gasteiger partial charge in [-0.25, -0.2) is 0 Å². The minimum atomic E-state index is 0.0563. The Bertz CT molecular complexity index is 838. The second-order valence-corrected chi connectivity index (χ2v) is 11.8. The maximum absolute atomic E-state index is 11.2. The van der Waals surface area contributed by atoms with Gasteiger partial charge in [0.25, 0.3) is 0 Å². The van der Waals surface area contributed by atoms with Gasteiger partial charge in [-0.3, -0.25) is 0 Å². The van der Waals surface area contributed by atoms with Crippen LogP contribution in [-0.4, -0.2) is 15.2 Å². The number of thiocarbonyl (C=S) groups is 1. The molecule has 32 heavy (non-hydrogen) atoms. The van der Waals surface area contributed by atoms with Gasteiger partial charge in [-0.1, -0.05) is 82.5 Å². The van der Waals surface area contributed by atoms with Crippen LogP contribution in [0, 0.1) is 11.3 Å². The highest BCUT2D eigenvalue weighted by atomic mass is 32.2. The average molecular weight is 475 g/mol. The molecule has 0 spiro atoms. The lowest BCUT2D eigenvalue weighted by atomic mass is 9.73. The molecule has 0 amide bonds. The van der Waals surface area contributed by atoms with Crippen molar-refractivity contribution >= 4 is 28.4 Å². The molecule has 1 aliphatic carbocycles. The molecule has 0 heterocycles. The molecule has 0 aromatic heterocycles. The van der Waals surface area contributed by atoms with E-state index < -0.39 is 0 Å². The van der Waals surface area contributed by atoms with Crippen LogP contribution < -0.4 is 4.74 Å². The Balaban J connectivity index is 2.41. The van der Waals surface area contributed by atoms with Crippen molar-refractivity contribution in [3.8, 4) is 11.5 Å². The summed E-state index contributed by atoms with van der Waals surface area (Å²) in [6, 6.07) is 4.04. The largest absolute Gasteiger partial charge is 0.507 e. The lowest BCUT2D eigenvalue weighted by Crippen LogP contribution is -2.19. The van der Waals surface area contributed by atoms with Crippen molar-refractivity contribution in [3.05, 3.63) is 47.1 Å². The third kappa shape index (κ3) is 7.66. The third-order valence-corrected chi connectivity index (χ3v) is 8.38. The predicted molar refractivity (Wildman–Crippen MR) is 145 cm³/mol. The van der Waals surface area contributed by atoms with Gasteiger partial charge in [0.15, 0.2) is 0 Å². The zero-order valence-corrected chi connectivity index (χ0v) is 22.6. The summed E-state index contributed by atoms with van der Waals surface area (Å²) in [4.78, 5) is 0. The normalized spacial score (nSPS) is 18.9. The van der Waals surface area contributed by atoms with Gasteiger partial charge < -0.3 is 9.84 Å². The molecule has 1 aromatic rings. The predicted octanol–water partition coefficient (Wildman–Crippen LogP) is 8.97. The highest BCUT2D eigenvalue weighted by Gasteiger charge is 2.31. The van der Waals surface area contributed by atoms with Crippen molar-refractivity contribution in [1.29, 1.82) is 0 Å². The highest BCUT2D eigenvalue weighted by Crippen LogP contribution is 2.47. The molecule has 0 unspecified atom stereocenters. The third-order valence-electron chi connectivity index (χ3n) is 6.69. The van der Waals surface area contributed by atoms with E-state index in [1.54, 1.807) is 11.8 Å². The second kappa shape index (κ2) is 12.3. The van der Waals surface area contributed by atoms with Crippen LogP contribution in [-0.2, 0) is 6.42 Å². The molecule has 2 rings (SSSR count). The van der Waals surface area contributed by atoms with E-state index in [1.165, 1.54) is 18.4 Å². The van der Waals surface area contributed by atoms with Crippen molar-refractivity contribution < 1.29 is 9.84 Å². The van der Waals surface area contributed by atoms with Crippen LogP contribution >= 0.6 is 24.0 Å². The fourth-order valence-electron chi connectivity index (χ4n) is 4.19. The lowest BCUT2D eigenvalue weighted by molar-refractivity contribution is 0.407. The number of thioether (sulfide) groups is 1. The topological polar surface area (TPSA) is 29.5 Å². The van der Waals surface area contributed by atoms with E-state index in [0.717, 1.165) is 54.6 Å². The monoisotopic (exact) mass is 474 g/mol. The van der Waals surface area contributed by atoms with E-state index in [2.05, 4.69) is 60.3 Å². The number of ether oxygens (including phenoxy) is 1. The zero-order valence-electron chi connectivity index (χ0n) is 20.9. The number of rotatable bonds is 10. The minimum Gasteiger partial charge on any atom is -0.507 e. The summed E-state index contributed by atoms with van der Waals surface area (Å²) >= 11 is 7.23. The molecule has 2 atom stereocenters. The number of allylic oxidation sites excluding steroid dienone is 3. The van der Waals surface area contributed by atoms with Gasteiger partial charge in [0.2, 0.25) is 4.38 Å². The molecule has 0 bridgehead atoms. The first-order chi connectivity index (χ1) is 15.1. The van der Waals surface area contributed by atoms with E-state index in [0.29, 0.717) is 15.9 Å². The zero-order chi connectivity index (χ0) is 23.9. The Morgan fingerprint density at radius 2 is 2.00 bits per heavy atom. The molecule has 2 nitrogen and oxygen atoms in total. The summed E-state index contributed by atoms with van der Waals surface area (Å²) in [5, 5.41) is 11.2. The van der Waals surface area contributed by atoms with Gasteiger partial charge in [0, 0.05) is 17.2 Å². The number of hydrogen-bond acceptors (Lipinski definition) is 4. The molecule has 0 saturated heterocycles. The van der Waals surface area contributed by atoms with E-state index in [9.17, 15) is 5.11 Å². The van der Waals surface area contributed by atoms with Crippen LogP contribution in [0.15, 0.2) is 35.9 Å². The number of phenols is 1. The number of aromatic hydroxyl groups is 1. The maximum atomic E-state index is 11.2. The summed E-state index contributed by atoms with van der Waals surface area (Å²) in [6.07, 6.45) is 9.89. The van der Waals surface area contributed by atoms with Crippen LogP contribution in [0.5, 0.6) is 11.5 Å². The standard InChI is InChI=1S/C28H42O2S2/c1-8-10-11-12-21-16-24(29)26(23-15-20(5)13-14-22(23)19(3)4)25(17-21)30-27(31)32-18-28(6,7)9-2/h15-17,22-23,29H,3,8-14,18H2,1-2,4-7H3/t22-,23+/m0/s1. The molecule has 178 valence electrons.